The van der Waals surface area contributed by atoms with E-state index in [1.807, 2.05) is 11.3 Å². The van der Waals surface area contributed by atoms with E-state index in [0.717, 1.165) is 6.42 Å². The van der Waals surface area contributed by atoms with Crippen molar-refractivity contribution in [1.29, 1.82) is 0 Å². The molecule has 2 unspecified atom stereocenters. The predicted molar refractivity (Wildman–Crippen MR) is 269 cm³/mol. The van der Waals surface area contributed by atoms with Gasteiger partial charge >= 0.3 is 0 Å². The van der Waals surface area contributed by atoms with Gasteiger partial charge in [0.1, 0.15) is 0 Å². The highest BCUT2D eigenvalue weighted by atomic mass is 32.1. The molecule has 2 heteroatoms. The molecule has 0 bridgehead atoms. The monoisotopic (exact) mass is 823 g/mol. The number of rotatable bonds is 4. The van der Waals surface area contributed by atoms with Gasteiger partial charge in [-0.1, -0.05) is 172 Å². The lowest BCUT2D eigenvalue weighted by Gasteiger charge is -2.24. The van der Waals surface area contributed by atoms with Crippen LogP contribution >= 0.6 is 11.3 Å². The first-order valence-electron chi connectivity index (χ1n) is 22.4. The van der Waals surface area contributed by atoms with Crippen LogP contribution in [0.25, 0.3) is 92.2 Å². The van der Waals surface area contributed by atoms with Crippen molar-refractivity contribution in [3.05, 3.63) is 222 Å². The van der Waals surface area contributed by atoms with Gasteiger partial charge in [-0.05, 0) is 127 Å². The summed E-state index contributed by atoms with van der Waals surface area (Å²) in [6.07, 6.45) is 1.03. The van der Waals surface area contributed by atoms with Gasteiger partial charge < -0.3 is 4.57 Å². The number of aromatic nitrogens is 1. The third kappa shape index (κ3) is 5.41. The highest BCUT2D eigenvalue weighted by molar-refractivity contribution is 7.26. The smallest absolute Gasteiger partial charge is 0.0541 e. The van der Waals surface area contributed by atoms with E-state index in [1.165, 1.54) is 120 Å². The van der Waals surface area contributed by atoms with Crippen LogP contribution < -0.4 is 0 Å². The lowest BCUT2D eigenvalue weighted by molar-refractivity contribution is 0.579. The zero-order valence-electron chi connectivity index (χ0n) is 35.7. The molecule has 11 aromatic rings. The fraction of sp³-hybridized carbons (Fsp3) is 0.115. The third-order valence-electron chi connectivity index (χ3n) is 14.7. The fourth-order valence-corrected chi connectivity index (χ4v) is 12.8. The van der Waals surface area contributed by atoms with Crippen LogP contribution in [0.15, 0.2) is 194 Å². The zero-order chi connectivity index (χ0) is 42.0. The molecular weight excluding hydrogens is 779 g/mol. The third-order valence-corrected chi connectivity index (χ3v) is 16.0. The van der Waals surface area contributed by atoms with Crippen molar-refractivity contribution in [1.82, 2.24) is 4.57 Å². The second-order valence-electron chi connectivity index (χ2n) is 18.4. The molecule has 300 valence electrons. The normalized spacial score (nSPS) is 16.2. The summed E-state index contributed by atoms with van der Waals surface area (Å²) in [6.45, 7) is 7.19. The van der Waals surface area contributed by atoms with Crippen LogP contribution in [0.3, 0.4) is 0 Å². The number of thiophene rings is 1. The molecular formula is C61H45NS. The molecule has 1 nitrogen and oxygen atoms in total. The van der Waals surface area contributed by atoms with E-state index in [2.05, 4.69) is 219 Å². The van der Waals surface area contributed by atoms with Gasteiger partial charge in [-0.15, -0.1) is 11.3 Å². The number of nitrogens with zero attached hydrogens (tertiary/aromatic N) is 1. The summed E-state index contributed by atoms with van der Waals surface area (Å²) in [5, 5.41) is 5.15. The minimum Gasteiger partial charge on any atom is -0.309 e. The molecule has 0 spiro atoms. The summed E-state index contributed by atoms with van der Waals surface area (Å²) >= 11 is 1.92. The van der Waals surface area contributed by atoms with E-state index in [9.17, 15) is 0 Å². The van der Waals surface area contributed by atoms with Crippen molar-refractivity contribution in [2.75, 3.05) is 0 Å². The Kier molecular flexibility index (Phi) is 8.00. The molecule has 2 aliphatic carbocycles. The van der Waals surface area contributed by atoms with Crippen LogP contribution in [0.2, 0.25) is 0 Å². The van der Waals surface area contributed by atoms with Gasteiger partial charge in [-0.25, -0.2) is 0 Å². The Labute approximate surface area is 372 Å². The predicted octanol–water partition coefficient (Wildman–Crippen LogP) is 16.9. The van der Waals surface area contributed by atoms with Crippen LogP contribution in [0.4, 0.5) is 0 Å². The van der Waals surface area contributed by atoms with E-state index in [4.69, 9.17) is 0 Å². The van der Waals surface area contributed by atoms with Gasteiger partial charge in [-0.2, -0.15) is 0 Å². The number of hydrogen-bond donors (Lipinski definition) is 0. The molecule has 63 heavy (non-hydrogen) atoms. The first kappa shape index (κ1) is 36.6. The maximum absolute atomic E-state index is 2.52. The van der Waals surface area contributed by atoms with Gasteiger partial charge in [0.15, 0.2) is 0 Å². The van der Waals surface area contributed by atoms with Crippen LogP contribution in [0.5, 0.6) is 0 Å². The molecule has 0 fully saturated rings. The lowest BCUT2D eigenvalue weighted by Crippen LogP contribution is -2.14. The summed E-state index contributed by atoms with van der Waals surface area (Å²) < 4.78 is 5.18. The minimum atomic E-state index is -0.0765. The Morgan fingerprint density at radius 1 is 0.492 bits per heavy atom. The van der Waals surface area contributed by atoms with Crippen molar-refractivity contribution < 1.29 is 0 Å². The number of benzene rings is 9. The SMILES string of the molecule is CC1c2ccc(-c3ccc4c(c3)c3ccccc3n4-c3cc(-c4cccc5c4-c4ccccc4C5(C)C)c4sc5ccccc5c4c3)cc2-c2ccccc2CC1c1ccccc1. The summed E-state index contributed by atoms with van der Waals surface area (Å²) in [6, 6.07) is 73.5. The maximum Gasteiger partial charge on any atom is 0.0541 e. The summed E-state index contributed by atoms with van der Waals surface area (Å²) in [7, 11) is 0. The van der Waals surface area contributed by atoms with E-state index in [0.29, 0.717) is 11.8 Å². The fourth-order valence-electron chi connectivity index (χ4n) is 11.6. The Morgan fingerprint density at radius 2 is 1.17 bits per heavy atom. The number of fused-ring (bicyclic) bond motifs is 12. The molecule has 2 heterocycles. The molecule has 9 aromatic carbocycles. The molecule has 2 aromatic heterocycles. The Balaban J connectivity index is 1.01. The molecule has 0 saturated carbocycles. The highest BCUT2D eigenvalue weighted by Gasteiger charge is 2.37. The molecule has 0 aliphatic heterocycles. The van der Waals surface area contributed by atoms with Crippen molar-refractivity contribution in [3.63, 3.8) is 0 Å². The number of hydrogen-bond acceptors (Lipinski definition) is 1. The average molecular weight is 824 g/mol. The van der Waals surface area contributed by atoms with Gasteiger partial charge in [-0.3, -0.25) is 0 Å². The van der Waals surface area contributed by atoms with Crippen LogP contribution in [-0.2, 0) is 11.8 Å². The summed E-state index contributed by atoms with van der Waals surface area (Å²) in [5.74, 6) is 0.796. The van der Waals surface area contributed by atoms with Crippen molar-refractivity contribution in [3.8, 4) is 50.2 Å². The Morgan fingerprint density at radius 3 is 2.06 bits per heavy atom. The second-order valence-corrected chi connectivity index (χ2v) is 19.5. The molecule has 0 N–H and O–H groups in total. The molecule has 0 amide bonds. The zero-order valence-corrected chi connectivity index (χ0v) is 36.5. The van der Waals surface area contributed by atoms with E-state index < -0.39 is 0 Å². The van der Waals surface area contributed by atoms with Crippen molar-refractivity contribution in [2.45, 2.75) is 44.4 Å². The minimum absolute atomic E-state index is 0.0765. The first-order valence-corrected chi connectivity index (χ1v) is 23.2. The Bertz CT molecular complexity index is 3650. The van der Waals surface area contributed by atoms with Crippen molar-refractivity contribution >= 4 is 53.3 Å². The molecule has 0 saturated heterocycles. The molecule has 2 atom stereocenters. The first-order chi connectivity index (χ1) is 30.9. The van der Waals surface area contributed by atoms with Gasteiger partial charge in [0, 0.05) is 47.6 Å². The quantitative estimate of drug-likeness (QED) is 0.167. The topological polar surface area (TPSA) is 4.93 Å². The van der Waals surface area contributed by atoms with E-state index in [-0.39, 0.29) is 5.41 Å². The van der Waals surface area contributed by atoms with Gasteiger partial charge in [0.25, 0.3) is 0 Å². The van der Waals surface area contributed by atoms with Crippen LogP contribution in [0.1, 0.15) is 60.4 Å². The Hall–Kier alpha value is -7.00. The molecule has 2 aliphatic rings. The largest absolute Gasteiger partial charge is 0.309 e. The standard InChI is InChI=1S/C61H45NS/c1-37-43-30-28-39(32-50(43)44-19-8-7-18-41(44)34-49(37)38-16-5-4-6-17-38)40-29-31-57-51(33-40)45-20-10-13-26-56(45)62(57)42-35-52-46-21-11-14-27-58(46)63-60(52)53(36-42)47-23-15-25-55-59(47)48-22-9-12-24-54(48)61(55,2)3/h4-33,35-37,49H,34H2,1-3H3. The number of para-hydroxylation sites is 1. The van der Waals surface area contributed by atoms with Crippen LogP contribution in [0, 0.1) is 0 Å². The van der Waals surface area contributed by atoms with E-state index >= 15 is 0 Å². The van der Waals surface area contributed by atoms with Crippen LogP contribution in [-0.4, -0.2) is 4.57 Å². The maximum atomic E-state index is 2.52. The highest BCUT2D eigenvalue weighted by Crippen LogP contribution is 2.54. The van der Waals surface area contributed by atoms with Gasteiger partial charge in [0.2, 0.25) is 0 Å². The summed E-state index contributed by atoms with van der Waals surface area (Å²) in [5.41, 5.74) is 21.2. The van der Waals surface area contributed by atoms with Crippen molar-refractivity contribution in [2.24, 2.45) is 0 Å². The molecule has 13 rings (SSSR count). The van der Waals surface area contributed by atoms with E-state index in [1.54, 1.807) is 0 Å². The van der Waals surface area contributed by atoms with Gasteiger partial charge in [0.05, 0.1) is 11.0 Å². The molecule has 0 radical (unpaired) electrons. The lowest BCUT2D eigenvalue weighted by atomic mass is 9.80. The second kappa shape index (κ2) is 13.8. The summed E-state index contributed by atoms with van der Waals surface area (Å²) in [4.78, 5) is 0. The average Bonchev–Trinajstić information content (AvgIpc) is 3.92.